The molecule has 1 fully saturated rings. The second-order valence-corrected chi connectivity index (χ2v) is 16.3. The highest BCUT2D eigenvalue weighted by Gasteiger charge is 2.44. The number of hydrogen-bond acceptors (Lipinski definition) is 9. The molecule has 0 aliphatic carbocycles. The van der Waals surface area contributed by atoms with Crippen molar-refractivity contribution in [3.63, 3.8) is 0 Å². The van der Waals surface area contributed by atoms with E-state index in [1.807, 2.05) is 6.08 Å². The Balaban J connectivity index is 2.43. The average molecular weight is 810 g/mol. The summed E-state index contributed by atoms with van der Waals surface area (Å²) in [4.78, 5) is 13.0. The summed E-state index contributed by atoms with van der Waals surface area (Å²) in [6.07, 6.45) is 35.1. The Bertz CT molecular complexity index is 1010. The lowest BCUT2D eigenvalue weighted by Crippen LogP contribution is -2.60. The van der Waals surface area contributed by atoms with E-state index in [2.05, 4.69) is 43.5 Å². The maximum atomic E-state index is 13.0. The van der Waals surface area contributed by atoms with Crippen LogP contribution in [0.15, 0.2) is 36.5 Å². The van der Waals surface area contributed by atoms with Crippen LogP contribution in [0.1, 0.15) is 194 Å². The minimum atomic E-state index is -1.62. The molecule has 0 spiro atoms. The quantitative estimate of drug-likeness (QED) is 0.0239. The van der Waals surface area contributed by atoms with Gasteiger partial charge in [-0.25, -0.2) is 0 Å². The Hall–Kier alpha value is -1.63. The molecule has 0 saturated carbocycles. The van der Waals surface area contributed by atoms with E-state index < -0.39 is 61.5 Å². The molecule has 7 N–H and O–H groups in total. The van der Waals surface area contributed by atoms with E-state index in [0.29, 0.717) is 19.3 Å². The SMILES string of the molecule is CCCCCCCCCC/C=C\CCCCCCCCC(O)C(=O)NC(COC1OC(CO)C(O)C(O)C1O)C(O)/C=C/CC/C=C/CCCCCCCCCC. The van der Waals surface area contributed by atoms with Gasteiger partial charge in [0.15, 0.2) is 6.29 Å². The van der Waals surface area contributed by atoms with Crippen LogP contribution in [-0.4, -0.2) is 98.7 Å². The maximum absolute atomic E-state index is 13.0. The van der Waals surface area contributed by atoms with Gasteiger partial charge in [-0.3, -0.25) is 4.79 Å². The zero-order chi connectivity index (χ0) is 41.8. The van der Waals surface area contributed by atoms with E-state index >= 15 is 0 Å². The fraction of sp³-hybridized carbons (Fsp3) is 0.851. The van der Waals surface area contributed by atoms with Crippen molar-refractivity contribution in [1.82, 2.24) is 5.32 Å². The molecule has 10 heteroatoms. The van der Waals surface area contributed by atoms with Gasteiger partial charge < -0.3 is 45.4 Å². The molecular weight excluding hydrogens is 723 g/mol. The molecule has 0 radical (unpaired) electrons. The Morgan fingerprint density at radius 2 is 1.04 bits per heavy atom. The molecular formula is C47H87NO9. The van der Waals surface area contributed by atoms with Crippen LogP contribution in [0.5, 0.6) is 0 Å². The predicted octanol–water partition coefficient (Wildman–Crippen LogP) is 8.64. The van der Waals surface area contributed by atoms with Crippen molar-refractivity contribution in [2.45, 2.75) is 243 Å². The van der Waals surface area contributed by atoms with Gasteiger partial charge >= 0.3 is 0 Å². The summed E-state index contributed by atoms with van der Waals surface area (Å²) in [5, 5.41) is 64.6. The lowest BCUT2D eigenvalue weighted by Gasteiger charge is -2.40. The average Bonchev–Trinajstić information content (AvgIpc) is 3.21. The second kappa shape index (κ2) is 37.4. The van der Waals surface area contributed by atoms with Crippen LogP contribution >= 0.6 is 0 Å². The van der Waals surface area contributed by atoms with Crippen LogP contribution in [-0.2, 0) is 14.3 Å². The Kier molecular flexibility index (Phi) is 35.0. The lowest BCUT2D eigenvalue weighted by atomic mass is 9.99. The molecule has 8 atom stereocenters. The molecule has 1 aliphatic rings. The molecule has 0 aromatic rings. The monoisotopic (exact) mass is 810 g/mol. The molecule has 1 heterocycles. The highest BCUT2D eigenvalue weighted by atomic mass is 16.7. The van der Waals surface area contributed by atoms with E-state index in [0.717, 1.165) is 38.5 Å². The van der Waals surface area contributed by atoms with Gasteiger partial charge in [0.25, 0.3) is 0 Å². The molecule has 0 aromatic heterocycles. The van der Waals surface area contributed by atoms with E-state index in [1.165, 1.54) is 122 Å². The summed E-state index contributed by atoms with van der Waals surface area (Å²) >= 11 is 0. The van der Waals surface area contributed by atoms with Crippen LogP contribution in [0.25, 0.3) is 0 Å². The third-order valence-electron chi connectivity index (χ3n) is 11.0. The maximum Gasteiger partial charge on any atom is 0.249 e. The van der Waals surface area contributed by atoms with Crippen LogP contribution in [0.4, 0.5) is 0 Å². The van der Waals surface area contributed by atoms with Crippen molar-refractivity contribution in [1.29, 1.82) is 0 Å². The van der Waals surface area contributed by atoms with Gasteiger partial charge in [0.2, 0.25) is 5.91 Å². The van der Waals surface area contributed by atoms with Gasteiger partial charge in [0, 0.05) is 0 Å². The Morgan fingerprint density at radius 3 is 1.53 bits per heavy atom. The molecule has 8 unspecified atom stereocenters. The number of aliphatic hydroxyl groups is 6. The van der Waals surface area contributed by atoms with Crippen molar-refractivity contribution in [3.05, 3.63) is 36.5 Å². The number of amides is 1. The van der Waals surface area contributed by atoms with E-state index in [-0.39, 0.29) is 6.61 Å². The molecule has 0 aromatic carbocycles. The first-order valence-corrected chi connectivity index (χ1v) is 23.3. The fourth-order valence-electron chi connectivity index (χ4n) is 7.17. The molecule has 0 bridgehead atoms. The van der Waals surface area contributed by atoms with Gasteiger partial charge in [-0.15, -0.1) is 0 Å². The third-order valence-corrected chi connectivity index (χ3v) is 11.0. The van der Waals surface area contributed by atoms with Gasteiger partial charge in [0.05, 0.1) is 25.4 Å². The highest BCUT2D eigenvalue weighted by molar-refractivity contribution is 5.80. The molecule has 1 aliphatic heterocycles. The zero-order valence-corrected chi connectivity index (χ0v) is 36.2. The predicted molar refractivity (Wildman–Crippen MR) is 232 cm³/mol. The summed E-state index contributed by atoms with van der Waals surface area (Å²) in [5.41, 5.74) is 0. The third kappa shape index (κ3) is 27.7. The van der Waals surface area contributed by atoms with Crippen LogP contribution in [0, 0.1) is 0 Å². The highest BCUT2D eigenvalue weighted by Crippen LogP contribution is 2.22. The molecule has 10 nitrogen and oxygen atoms in total. The first-order valence-electron chi connectivity index (χ1n) is 23.3. The number of carbonyl (C=O) groups excluding carboxylic acids is 1. The first kappa shape index (κ1) is 53.4. The first-order chi connectivity index (χ1) is 27.8. The van der Waals surface area contributed by atoms with Crippen LogP contribution in [0.2, 0.25) is 0 Å². The van der Waals surface area contributed by atoms with Crippen LogP contribution in [0.3, 0.4) is 0 Å². The van der Waals surface area contributed by atoms with Crippen molar-refractivity contribution < 1.29 is 44.9 Å². The number of aliphatic hydroxyl groups excluding tert-OH is 6. The Morgan fingerprint density at radius 1 is 0.596 bits per heavy atom. The number of allylic oxidation sites excluding steroid dienone is 5. The largest absolute Gasteiger partial charge is 0.394 e. The van der Waals surface area contributed by atoms with Crippen molar-refractivity contribution >= 4 is 5.91 Å². The van der Waals surface area contributed by atoms with Gasteiger partial charge in [-0.2, -0.15) is 0 Å². The summed E-state index contributed by atoms with van der Waals surface area (Å²) < 4.78 is 11.1. The van der Waals surface area contributed by atoms with Gasteiger partial charge in [0.1, 0.15) is 30.5 Å². The fourth-order valence-corrected chi connectivity index (χ4v) is 7.17. The Labute approximate surface area is 347 Å². The topological polar surface area (TPSA) is 169 Å². The summed E-state index contributed by atoms with van der Waals surface area (Å²) in [6, 6.07) is -0.998. The normalized spacial score (nSPS) is 21.9. The van der Waals surface area contributed by atoms with E-state index in [9.17, 15) is 35.4 Å². The van der Waals surface area contributed by atoms with Crippen LogP contribution < -0.4 is 5.32 Å². The molecule has 1 amide bonds. The van der Waals surface area contributed by atoms with Crippen molar-refractivity contribution in [2.24, 2.45) is 0 Å². The van der Waals surface area contributed by atoms with Gasteiger partial charge in [-0.1, -0.05) is 172 Å². The summed E-state index contributed by atoms with van der Waals surface area (Å²) in [6.45, 7) is 3.57. The van der Waals surface area contributed by atoms with E-state index in [4.69, 9.17) is 9.47 Å². The second-order valence-electron chi connectivity index (χ2n) is 16.3. The lowest BCUT2D eigenvalue weighted by molar-refractivity contribution is -0.302. The molecule has 1 saturated heterocycles. The minimum absolute atomic E-state index is 0.296. The van der Waals surface area contributed by atoms with Gasteiger partial charge in [-0.05, 0) is 57.8 Å². The molecule has 334 valence electrons. The number of carbonyl (C=O) groups is 1. The number of hydrogen-bond donors (Lipinski definition) is 7. The molecule has 57 heavy (non-hydrogen) atoms. The minimum Gasteiger partial charge on any atom is -0.394 e. The number of ether oxygens (including phenoxy) is 2. The van der Waals surface area contributed by atoms with Crippen molar-refractivity contribution in [3.8, 4) is 0 Å². The number of nitrogens with one attached hydrogen (secondary N) is 1. The zero-order valence-electron chi connectivity index (χ0n) is 36.2. The number of rotatable bonds is 38. The summed E-state index contributed by atoms with van der Waals surface area (Å²) in [5.74, 6) is -0.632. The molecule has 1 rings (SSSR count). The smallest absolute Gasteiger partial charge is 0.249 e. The number of unbranched alkanes of at least 4 members (excludes halogenated alkanes) is 23. The standard InChI is InChI=1S/C47H87NO9/c1-3-5-7-9-11-13-15-17-19-20-21-22-24-26-28-30-32-34-36-41(51)46(55)48-39(38-56-47-45(54)44(53)43(52)42(37-49)57-47)40(50)35-33-31-29-27-25-23-18-16-14-12-10-8-6-4-2/h20-21,25,27,33,35,39-45,47,49-54H,3-19,22-24,26,28-32,34,36-38H2,1-2H3,(H,48,55)/b21-20-,27-25+,35-33+. The van der Waals surface area contributed by atoms with E-state index in [1.54, 1.807) is 6.08 Å². The summed E-state index contributed by atoms with van der Waals surface area (Å²) in [7, 11) is 0. The van der Waals surface area contributed by atoms with Crippen molar-refractivity contribution in [2.75, 3.05) is 13.2 Å².